The van der Waals surface area contributed by atoms with E-state index in [1.165, 1.54) is 0 Å². The summed E-state index contributed by atoms with van der Waals surface area (Å²) in [5, 5.41) is -0.445. The number of rotatable bonds is 5. The van der Waals surface area contributed by atoms with E-state index < -0.39 is 10.9 Å². The average Bonchev–Trinajstić information content (AvgIpc) is 2.02. The number of thioether (sulfide) groups is 1. The fourth-order valence-corrected chi connectivity index (χ4v) is 1.09. The molecule has 0 amide bonds. The lowest BCUT2D eigenvalue weighted by atomic mass is 10.4. The van der Waals surface area contributed by atoms with Gasteiger partial charge < -0.3 is 0 Å². The summed E-state index contributed by atoms with van der Waals surface area (Å²) in [6, 6.07) is 0. The maximum absolute atomic E-state index is 10.7. The molecule has 0 aromatic heterocycles. The van der Waals surface area contributed by atoms with E-state index in [1.54, 1.807) is 0 Å². The molecule has 0 aliphatic heterocycles. The van der Waals surface area contributed by atoms with E-state index in [4.69, 9.17) is 11.6 Å². The molecule has 0 radical (unpaired) electrons. The summed E-state index contributed by atoms with van der Waals surface area (Å²) < 4.78 is 0. The van der Waals surface area contributed by atoms with Crippen LogP contribution in [0.3, 0.4) is 0 Å². The quantitative estimate of drug-likeness (QED) is 0.398. The summed E-state index contributed by atoms with van der Waals surface area (Å²) >= 11 is 6.66. The molecule has 12 heavy (non-hydrogen) atoms. The van der Waals surface area contributed by atoms with Gasteiger partial charge in [-0.1, -0.05) is 31.9 Å². The van der Waals surface area contributed by atoms with Gasteiger partial charge in [0.1, 0.15) is 0 Å². The predicted octanol–water partition coefficient (Wildman–Crippen LogP) is 3.17. The van der Waals surface area contributed by atoms with Crippen molar-refractivity contribution in [3.8, 4) is 0 Å². The van der Waals surface area contributed by atoms with Crippen LogP contribution in [0.2, 0.25) is 0 Å². The molecule has 5 heteroatoms. The van der Waals surface area contributed by atoms with Gasteiger partial charge >= 0.3 is 5.30 Å². The van der Waals surface area contributed by atoms with Crippen LogP contribution in [-0.4, -0.2) is 16.6 Å². The first-order chi connectivity index (χ1) is 5.70. The van der Waals surface area contributed by atoms with E-state index in [0.717, 1.165) is 18.2 Å². The van der Waals surface area contributed by atoms with Crippen molar-refractivity contribution in [3.63, 3.8) is 0 Å². The second-order valence-corrected chi connectivity index (χ2v) is 3.75. The third kappa shape index (κ3) is 6.76. The first-order valence-electron chi connectivity index (χ1n) is 3.84. The van der Waals surface area contributed by atoms with E-state index in [1.807, 2.05) is 13.8 Å². The number of halogens is 1. The smallest absolute Gasteiger partial charge is 0.284 e. The first kappa shape index (κ1) is 12.1. The summed E-state index contributed by atoms with van der Waals surface area (Å²) in [7, 11) is 0. The summed E-state index contributed by atoms with van der Waals surface area (Å²) in [6.07, 6.45) is 1.57. The number of hydrogen-bond acceptors (Lipinski definition) is 4. The van der Waals surface area contributed by atoms with Gasteiger partial charge in [0.25, 0.3) is 0 Å². The van der Waals surface area contributed by atoms with Gasteiger partial charge in [0.2, 0.25) is 0 Å². The molecule has 0 bridgehead atoms. The van der Waals surface area contributed by atoms with Gasteiger partial charge in [0.15, 0.2) is 5.56 Å². The maximum Gasteiger partial charge on any atom is 0.400 e. The number of carbonyl (C=O) groups is 1. The van der Waals surface area contributed by atoms with E-state index >= 15 is 0 Å². The fraction of sp³-hybridized carbons (Fsp3) is 0.857. The molecule has 0 aliphatic rings. The standard InChI is InChI=1S/C7H13ClO3S/c1-3-5-6(8)10-11-7(9)12-4-2/h6H,3-5H2,1-2H3. The normalized spacial score (nSPS) is 12.6. The minimum absolute atomic E-state index is 0.445. The molecule has 0 aromatic rings. The molecular weight excluding hydrogens is 200 g/mol. The summed E-state index contributed by atoms with van der Waals surface area (Å²) in [5.41, 5.74) is -0.531. The third-order valence-electron chi connectivity index (χ3n) is 0.998. The molecule has 0 spiro atoms. The van der Waals surface area contributed by atoms with Gasteiger partial charge in [-0.05, 0) is 18.2 Å². The molecule has 0 rings (SSSR count). The van der Waals surface area contributed by atoms with Gasteiger partial charge in [-0.2, -0.15) is 4.89 Å². The maximum atomic E-state index is 10.7. The summed E-state index contributed by atoms with van der Waals surface area (Å²) in [4.78, 5) is 19.7. The van der Waals surface area contributed by atoms with Crippen molar-refractivity contribution in [2.45, 2.75) is 32.3 Å². The third-order valence-corrected chi connectivity index (χ3v) is 1.88. The Bertz CT molecular complexity index is 132. The van der Waals surface area contributed by atoms with Gasteiger partial charge in [0, 0.05) is 5.75 Å². The molecule has 1 atom stereocenters. The van der Waals surface area contributed by atoms with Crippen LogP contribution in [0.1, 0.15) is 26.7 Å². The predicted molar refractivity (Wildman–Crippen MR) is 50.2 cm³/mol. The van der Waals surface area contributed by atoms with E-state index in [-0.39, 0.29) is 0 Å². The fourth-order valence-electron chi connectivity index (χ4n) is 0.508. The minimum Gasteiger partial charge on any atom is -0.284 e. The Kier molecular flexibility index (Phi) is 7.75. The molecule has 0 saturated carbocycles. The van der Waals surface area contributed by atoms with Crippen molar-refractivity contribution < 1.29 is 14.6 Å². The van der Waals surface area contributed by atoms with Crippen LogP contribution in [0.15, 0.2) is 0 Å². The largest absolute Gasteiger partial charge is 0.400 e. The molecule has 0 N–H and O–H groups in total. The molecule has 3 nitrogen and oxygen atoms in total. The van der Waals surface area contributed by atoms with E-state index in [2.05, 4.69) is 9.78 Å². The minimum atomic E-state index is -0.531. The zero-order chi connectivity index (χ0) is 9.40. The van der Waals surface area contributed by atoms with Gasteiger partial charge in [-0.15, -0.1) is 0 Å². The Morgan fingerprint density at radius 2 is 2.25 bits per heavy atom. The Hall–Kier alpha value is 0.0700. The van der Waals surface area contributed by atoms with Crippen molar-refractivity contribution >= 4 is 28.7 Å². The van der Waals surface area contributed by atoms with Gasteiger partial charge in [0.05, 0.1) is 0 Å². The number of alkyl halides is 1. The lowest BCUT2D eigenvalue weighted by molar-refractivity contribution is -0.244. The highest BCUT2D eigenvalue weighted by molar-refractivity contribution is 8.13. The second kappa shape index (κ2) is 7.71. The highest BCUT2D eigenvalue weighted by Gasteiger charge is 2.08. The summed E-state index contributed by atoms with van der Waals surface area (Å²) in [6.45, 7) is 3.83. The molecule has 0 aliphatic carbocycles. The van der Waals surface area contributed by atoms with Crippen molar-refractivity contribution in [1.82, 2.24) is 0 Å². The highest BCUT2D eigenvalue weighted by Crippen LogP contribution is 2.10. The van der Waals surface area contributed by atoms with Gasteiger partial charge in [-0.3, -0.25) is 4.89 Å². The molecule has 0 aromatic carbocycles. The molecule has 1 unspecified atom stereocenters. The Morgan fingerprint density at radius 3 is 2.75 bits per heavy atom. The van der Waals surface area contributed by atoms with E-state index in [9.17, 15) is 4.79 Å². The van der Waals surface area contributed by atoms with Crippen molar-refractivity contribution in [2.24, 2.45) is 0 Å². The highest BCUT2D eigenvalue weighted by atomic mass is 35.5. The van der Waals surface area contributed by atoms with Crippen molar-refractivity contribution in [1.29, 1.82) is 0 Å². The molecule has 0 fully saturated rings. The van der Waals surface area contributed by atoms with Crippen LogP contribution in [0.5, 0.6) is 0 Å². The number of hydrogen-bond donors (Lipinski definition) is 0. The zero-order valence-corrected chi connectivity index (χ0v) is 8.78. The SMILES string of the molecule is CCCC(Cl)OOC(=O)SCC. The Labute approximate surface area is 81.7 Å². The summed E-state index contributed by atoms with van der Waals surface area (Å²) in [5.74, 6) is 0.670. The Balaban J connectivity index is 3.33. The Morgan fingerprint density at radius 1 is 1.58 bits per heavy atom. The van der Waals surface area contributed by atoms with Crippen LogP contribution < -0.4 is 0 Å². The lowest BCUT2D eigenvalue weighted by Gasteiger charge is -2.06. The van der Waals surface area contributed by atoms with Gasteiger partial charge in [-0.25, -0.2) is 4.79 Å². The van der Waals surface area contributed by atoms with Crippen LogP contribution in [0, 0.1) is 0 Å². The van der Waals surface area contributed by atoms with Crippen LogP contribution in [0.25, 0.3) is 0 Å². The van der Waals surface area contributed by atoms with Crippen molar-refractivity contribution in [2.75, 3.05) is 5.75 Å². The molecule has 0 heterocycles. The van der Waals surface area contributed by atoms with Crippen LogP contribution >= 0.6 is 23.4 Å². The van der Waals surface area contributed by atoms with Crippen LogP contribution in [-0.2, 0) is 9.78 Å². The van der Waals surface area contributed by atoms with Crippen molar-refractivity contribution in [3.05, 3.63) is 0 Å². The lowest BCUT2D eigenvalue weighted by Crippen LogP contribution is -2.08. The van der Waals surface area contributed by atoms with Crippen LogP contribution in [0.4, 0.5) is 4.79 Å². The first-order valence-corrected chi connectivity index (χ1v) is 5.27. The number of carbonyl (C=O) groups excluding carboxylic acids is 1. The second-order valence-electron chi connectivity index (χ2n) is 2.06. The molecule has 72 valence electrons. The topological polar surface area (TPSA) is 35.5 Å². The molecule has 0 saturated heterocycles. The monoisotopic (exact) mass is 212 g/mol. The van der Waals surface area contributed by atoms with E-state index in [0.29, 0.717) is 12.2 Å². The average molecular weight is 213 g/mol. The zero-order valence-electron chi connectivity index (χ0n) is 7.21. The molecular formula is C7H13ClO3S.